The number of likely N-dealkylation sites (tertiary alicyclic amines) is 1. The van der Waals surface area contributed by atoms with Crippen molar-refractivity contribution in [2.75, 3.05) is 33.3 Å². The van der Waals surface area contributed by atoms with Gasteiger partial charge in [-0.05, 0) is 43.1 Å². The third kappa shape index (κ3) is 2.22. The predicted octanol–water partition coefficient (Wildman–Crippen LogP) is 1.49. The van der Waals surface area contributed by atoms with Gasteiger partial charge in [0.15, 0.2) is 0 Å². The van der Waals surface area contributed by atoms with E-state index in [-0.39, 0.29) is 5.82 Å². The highest BCUT2D eigenvalue weighted by atomic mass is 19.1. The van der Waals surface area contributed by atoms with E-state index in [1.54, 1.807) is 19.2 Å². The van der Waals surface area contributed by atoms with E-state index in [0.717, 1.165) is 55.9 Å². The molecule has 98 valence electrons. The standard InChI is InChI=1S/C14H19FN2O/c1-18-14-3-2-13(15)4-10(14)7-17-8-11-5-16-6-12(11)9-17/h2-4,11-12,16H,5-9H2,1H3/t11-,12+. The zero-order chi connectivity index (χ0) is 12.5. The minimum Gasteiger partial charge on any atom is -0.496 e. The summed E-state index contributed by atoms with van der Waals surface area (Å²) in [5.74, 6) is 2.13. The summed E-state index contributed by atoms with van der Waals surface area (Å²) in [6, 6.07) is 4.75. The first-order valence-corrected chi connectivity index (χ1v) is 6.52. The summed E-state index contributed by atoms with van der Waals surface area (Å²) < 4.78 is 18.6. The van der Waals surface area contributed by atoms with Crippen LogP contribution in [0.1, 0.15) is 5.56 Å². The van der Waals surface area contributed by atoms with Gasteiger partial charge in [-0.3, -0.25) is 4.90 Å². The molecule has 0 bridgehead atoms. The molecule has 0 saturated carbocycles. The van der Waals surface area contributed by atoms with E-state index < -0.39 is 0 Å². The van der Waals surface area contributed by atoms with Crippen molar-refractivity contribution in [1.29, 1.82) is 0 Å². The zero-order valence-corrected chi connectivity index (χ0v) is 10.7. The molecule has 2 saturated heterocycles. The van der Waals surface area contributed by atoms with Crippen LogP contribution in [0.2, 0.25) is 0 Å². The SMILES string of the molecule is COc1ccc(F)cc1CN1C[C@H]2CNC[C@H]2C1. The van der Waals surface area contributed by atoms with E-state index in [0.29, 0.717) is 0 Å². The molecule has 1 N–H and O–H groups in total. The normalized spacial score (nSPS) is 27.4. The Morgan fingerprint density at radius 2 is 2.06 bits per heavy atom. The molecule has 2 aliphatic heterocycles. The lowest BCUT2D eigenvalue weighted by Crippen LogP contribution is -2.25. The van der Waals surface area contributed by atoms with Gasteiger partial charge in [0.05, 0.1) is 7.11 Å². The number of rotatable bonds is 3. The topological polar surface area (TPSA) is 24.5 Å². The van der Waals surface area contributed by atoms with E-state index in [1.807, 2.05) is 0 Å². The first kappa shape index (κ1) is 11.9. The fraction of sp³-hybridized carbons (Fsp3) is 0.571. The minimum absolute atomic E-state index is 0.188. The Hall–Kier alpha value is -1.13. The lowest BCUT2D eigenvalue weighted by Gasteiger charge is -2.18. The lowest BCUT2D eigenvalue weighted by atomic mass is 10.0. The molecule has 0 spiro atoms. The van der Waals surface area contributed by atoms with Gasteiger partial charge in [-0.1, -0.05) is 0 Å². The van der Waals surface area contributed by atoms with Crippen LogP contribution in [0.3, 0.4) is 0 Å². The highest BCUT2D eigenvalue weighted by Gasteiger charge is 2.36. The quantitative estimate of drug-likeness (QED) is 0.879. The van der Waals surface area contributed by atoms with Crippen LogP contribution in [0.25, 0.3) is 0 Å². The Bertz CT molecular complexity index is 426. The van der Waals surface area contributed by atoms with Crippen molar-refractivity contribution in [3.63, 3.8) is 0 Å². The van der Waals surface area contributed by atoms with Gasteiger partial charge in [0.25, 0.3) is 0 Å². The summed E-state index contributed by atoms with van der Waals surface area (Å²) >= 11 is 0. The van der Waals surface area contributed by atoms with E-state index >= 15 is 0 Å². The number of hydrogen-bond acceptors (Lipinski definition) is 3. The Morgan fingerprint density at radius 3 is 2.72 bits per heavy atom. The lowest BCUT2D eigenvalue weighted by molar-refractivity contribution is 0.297. The number of nitrogens with zero attached hydrogens (tertiary/aromatic N) is 1. The molecule has 0 aliphatic carbocycles. The third-order valence-electron chi connectivity index (χ3n) is 4.10. The Morgan fingerprint density at radius 1 is 1.33 bits per heavy atom. The molecular formula is C14H19FN2O. The molecule has 2 aliphatic rings. The van der Waals surface area contributed by atoms with Gasteiger partial charge in [-0.2, -0.15) is 0 Å². The third-order valence-corrected chi connectivity index (χ3v) is 4.10. The molecular weight excluding hydrogens is 231 g/mol. The highest BCUT2D eigenvalue weighted by molar-refractivity contribution is 5.34. The second-order valence-corrected chi connectivity index (χ2v) is 5.33. The summed E-state index contributed by atoms with van der Waals surface area (Å²) in [7, 11) is 1.64. The summed E-state index contributed by atoms with van der Waals surface area (Å²) in [6.07, 6.45) is 0. The summed E-state index contributed by atoms with van der Waals surface area (Å²) in [6.45, 7) is 5.26. The monoisotopic (exact) mass is 250 g/mol. The van der Waals surface area contributed by atoms with Crippen LogP contribution in [0.4, 0.5) is 4.39 Å². The second-order valence-electron chi connectivity index (χ2n) is 5.33. The van der Waals surface area contributed by atoms with Crippen molar-refractivity contribution in [2.45, 2.75) is 6.54 Å². The van der Waals surface area contributed by atoms with Crippen LogP contribution in [-0.4, -0.2) is 38.2 Å². The van der Waals surface area contributed by atoms with Crippen molar-refractivity contribution >= 4 is 0 Å². The van der Waals surface area contributed by atoms with Gasteiger partial charge >= 0.3 is 0 Å². The van der Waals surface area contributed by atoms with Crippen LogP contribution in [-0.2, 0) is 6.54 Å². The average molecular weight is 250 g/mol. The first-order valence-electron chi connectivity index (χ1n) is 6.52. The van der Waals surface area contributed by atoms with Crippen molar-refractivity contribution in [3.05, 3.63) is 29.6 Å². The highest BCUT2D eigenvalue weighted by Crippen LogP contribution is 2.29. The molecule has 4 heteroatoms. The molecule has 2 atom stereocenters. The van der Waals surface area contributed by atoms with E-state index in [1.165, 1.54) is 6.07 Å². The Balaban J connectivity index is 1.71. The molecule has 3 rings (SSSR count). The number of methoxy groups -OCH3 is 1. The molecule has 0 radical (unpaired) electrons. The number of halogens is 1. The number of ether oxygens (including phenoxy) is 1. The van der Waals surface area contributed by atoms with Crippen LogP contribution in [0, 0.1) is 17.7 Å². The van der Waals surface area contributed by atoms with Crippen molar-refractivity contribution < 1.29 is 9.13 Å². The van der Waals surface area contributed by atoms with Gasteiger partial charge in [-0.15, -0.1) is 0 Å². The van der Waals surface area contributed by atoms with Gasteiger partial charge in [-0.25, -0.2) is 4.39 Å². The number of fused-ring (bicyclic) bond motifs is 1. The van der Waals surface area contributed by atoms with Gasteiger partial charge in [0, 0.05) is 25.2 Å². The average Bonchev–Trinajstić information content (AvgIpc) is 2.90. The molecule has 0 aromatic heterocycles. The maximum absolute atomic E-state index is 13.3. The van der Waals surface area contributed by atoms with E-state index in [2.05, 4.69) is 10.2 Å². The molecule has 2 heterocycles. The van der Waals surface area contributed by atoms with Crippen LogP contribution < -0.4 is 10.1 Å². The minimum atomic E-state index is -0.188. The maximum atomic E-state index is 13.3. The molecule has 2 fully saturated rings. The van der Waals surface area contributed by atoms with Crippen molar-refractivity contribution in [2.24, 2.45) is 11.8 Å². The first-order chi connectivity index (χ1) is 8.76. The van der Waals surface area contributed by atoms with Gasteiger partial charge in [0.1, 0.15) is 11.6 Å². The number of hydrogen-bond donors (Lipinski definition) is 1. The Kier molecular flexibility index (Phi) is 3.22. The number of benzene rings is 1. The fourth-order valence-electron chi connectivity index (χ4n) is 3.19. The summed E-state index contributed by atoms with van der Waals surface area (Å²) in [4.78, 5) is 2.41. The van der Waals surface area contributed by atoms with Crippen LogP contribution in [0.15, 0.2) is 18.2 Å². The van der Waals surface area contributed by atoms with Crippen LogP contribution >= 0.6 is 0 Å². The largest absolute Gasteiger partial charge is 0.496 e. The maximum Gasteiger partial charge on any atom is 0.123 e. The number of nitrogens with one attached hydrogen (secondary N) is 1. The van der Waals surface area contributed by atoms with Crippen molar-refractivity contribution in [1.82, 2.24) is 10.2 Å². The van der Waals surface area contributed by atoms with Crippen LogP contribution in [0.5, 0.6) is 5.75 Å². The van der Waals surface area contributed by atoms with E-state index in [4.69, 9.17) is 4.74 Å². The summed E-state index contributed by atoms with van der Waals surface area (Å²) in [5.41, 5.74) is 0.949. The fourth-order valence-corrected chi connectivity index (χ4v) is 3.19. The second kappa shape index (κ2) is 4.86. The van der Waals surface area contributed by atoms with Gasteiger partial charge < -0.3 is 10.1 Å². The van der Waals surface area contributed by atoms with E-state index in [9.17, 15) is 4.39 Å². The zero-order valence-electron chi connectivity index (χ0n) is 10.7. The summed E-state index contributed by atoms with van der Waals surface area (Å²) in [5, 5.41) is 3.43. The molecule has 1 aromatic rings. The Labute approximate surface area is 107 Å². The molecule has 0 amide bonds. The molecule has 18 heavy (non-hydrogen) atoms. The van der Waals surface area contributed by atoms with Gasteiger partial charge in [0.2, 0.25) is 0 Å². The molecule has 1 aromatic carbocycles. The molecule has 3 nitrogen and oxygen atoms in total. The van der Waals surface area contributed by atoms with Crippen molar-refractivity contribution in [3.8, 4) is 5.75 Å². The molecule has 0 unspecified atom stereocenters. The predicted molar refractivity (Wildman–Crippen MR) is 68.1 cm³/mol. The smallest absolute Gasteiger partial charge is 0.123 e.